The minimum Gasteiger partial charge on any atom is -0.379 e. The Morgan fingerprint density at radius 1 is 1.31 bits per heavy atom. The maximum atomic E-state index is 14.5. The zero-order valence-corrected chi connectivity index (χ0v) is 17.6. The highest BCUT2D eigenvalue weighted by Gasteiger charge is 2.32. The number of rotatable bonds is 7. The second kappa shape index (κ2) is 9.35. The van der Waals surface area contributed by atoms with E-state index in [1.165, 1.54) is 30.1 Å². The van der Waals surface area contributed by atoms with Crippen LogP contribution >= 0.6 is 11.8 Å². The summed E-state index contributed by atoms with van der Waals surface area (Å²) in [6, 6.07) is 4.48. The number of nitrogens with one attached hydrogen (secondary N) is 1. The quantitative estimate of drug-likeness (QED) is 0.659. The third kappa shape index (κ3) is 5.32. The van der Waals surface area contributed by atoms with Crippen LogP contribution in [0.5, 0.6) is 0 Å². The van der Waals surface area contributed by atoms with Crippen molar-refractivity contribution >= 4 is 28.5 Å². The molecule has 0 saturated heterocycles. The minimum atomic E-state index is -0.750. The van der Waals surface area contributed by atoms with Crippen LogP contribution in [-0.4, -0.2) is 26.8 Å². The molecule has 0 aliphatic carbocycles. The van der Waals surface area contributed by atoms with E-state index in [-0.39, 0.29) is 17.4 Å². The van der Waals surface area contributed by atoms with Crippen LogP contribution in [0.25, 0.3) is 0 Å². The average Bonchev–Trinajstić information content (AvgIpc) is 2.70. The lowest BCUT2D eigenvalue weighted by Crippen LogP contribution is -2.29. The molecule has 6 nitrogen and oxygen atoms in total. The molecule has 3 rings (SSSR count). The average molecular weight is 416 g/mol. The van der Waals surface area contributed by atoms with Crippen molar-refractivity contribution < 1.29 is 9.18 Å². The third-order valence-electron chi connectivity index (χ3n) is 4.97. The molecule has 1 aromatic carbocycles. The third-order valence-corrected chi connectivity index (χ3v) is 5.77. The maximum absolute atomic E-state index is 14.5. The summed E-state index contributed by atoms with van der Waals surface area (Å²) >= 11 is 1.46. The van der Waals surface area contributed by atoms with Gasteiger partial charge in [-0.3, -0.25) is 14.8 Å². The van der Waals surface area contributed by atoms with Gasteiger partial charge in [-0.15, -0.1) is 0 Å². The number of unbranched alkanes of at least 4 members (excludes halogenated alkanes) is 2. The summed E-state index contributed by atoms with van der Waals surface area (Å²) in [5, 5.41) is 3.22. The fourth-order valence-electron chi connectivity index (χ4n) is 3.25. The molecule has 1 aliphatic rings. The van der Waals surface area contributed by atoms with E-state index in [1.807, 2.05) is 6.92 Å². The van der Waals surface area contributed by atoms with Crippen LogP contribution in [-0.2, 0) is 12.0 Å². The van der Waals surface area contributed by atoms with Gasteiger partial charge in [-0.25, -0.2) is 9.37 Å². The molecule has 29 heavy (non-hydrogen) atoms. The molecule has 0 spiro atoms. The standard InChI is InChI=1S/C21H26FN5OS/c1-3-4-5-6-15-12-25-18(13-24-15)19(28)26-14-7-8-17(22)16(11-14)21(2)9-10-29-20(23)27-21/h7-8,11-13H,3-6,9-10H2,1-2H3,(H2,23,27)(H,26,28)/t21-/m0/s1. The first kappa shape index (κ1) is 21.2. The van der Waals surface area contributed by atoms with E-state index < -0.39 is 5.54 Å². The molecule has 0 saturated carbocycles. The van der Waals surface area contributed by atoms with Crippen molar-refractivity contribution in [3.05, 3.63) is 53.4 Å². The number of thioether (sulfide) groups is 1. The molecule has 2 heterocycles. The minimum absolute atomic E-state index is 0.220. The second-order valence-electron chi connectivity index (χ2n) is 7.32. The molecule has 1 atom stereocenters. The lowest BCUT2D eigenvalue weighted by atomic mass is 9.89. The summed E-state index contributed by atoms with van der Waals surface area (Å²) in [4.78, 5) is 25.5. The smallest absolute Gasteiger partial charge is 0.275 e. The van der Waals surface area contributed by atoms with E-state index in [4.69, 9.17) is 5.73 Å². The number of aryl methyl sites for hydroxylation is 1. The van der Waals surface area contributed by atoms with Crippen LogP contribution in [0.1, 0.15) is 61.3 Å². The van der Waals surface area contributed by atoms with Gasteiger partial charge in [-0.1, -0.05) is 31.5 Å². The maximum Gasteiger partial charge on any atom is 0.275 e. The second-order valence-corrected chi connectivity index (χ2v) is 8.44. The number of carbonyl (C=O) groups is 1. The Balaban J connectivity index is 1.73. The molecule has 8 heteroatoms. The Bertz CT molecular complexity index is 902. The highest BCUT2D eigenvalue weighted by Crippen LogP contribution is 2.37. The number of hydrogen-bond acceptors (Lipinski definition) is 6. The van der Waals surface area contributed by atoms with Gasteiger partial charge in [0.1, 0.15) is 11.5 Å². The van der Waals surface area contributed by atoms with Crippen molar-refractivity contribution in [2.75, 3.05) is 11.1 Å². The number of amidine groups is 1. The highest BCUT2D eigenvalue weighted by molar-refractivity contribution is 8.13. The Kier molecular flexibility index (Phi) is 6.84. The summed E-state index contributed by atoms with van der Waals surface area (Å²) in [5.74, 6) is 0.00917. The number of amides is 1. The summed E-state index contributed by atoms with van der Waals surface area (Å²) in [6.45, 7) is 4.00. The zero-order valence-electron chi connectivity index (χ0n) is 16.7. The Morgan fingerprint density at radius 2 is 2.14 bits per heavy atom. The predicted molar refractivity (Wildman–Crippen MR) is 116 cm³/mol. The number of halogens is 1. The molecule has 0 radical (unpaired) electrons. The first-order valence-corrected chi connectivity index (χ1v) is 10.8. The zero-order chi connectivity index (χ0) is 20.9. The molecule has 3 N–H and O–H groups in total. The van der Waals surface area contributed by atoms with E-state index >= 15 is 0 Å². The lowest BCUT2D eigenvalue weighted by Gasteiger charge is -2.30. The highest BCUT2D eigenvalue weighted by atomic mass is 32.2. The molecule has 1 aliphatic heterocycles. The number of aliphatic imine (C=N–C) groups is 1. The van der Waals surface area contributed by atoms with Crippen molar-refractivity contribution in [1.29, 1.82) is 0 Å². The van der Waals surface area contributed by atoms with Crippen LogP contribution in [0.4, 0.5) is 10.1 Å². The molecular formula is C21H26FN5OS. The number of benzene rings is 1. The van der Waals surface area contributed by atoms with E-state index in [2.05, 4.69) is 27.2 Å². The van der Waals surface area contributed by atoms with Gasteiger partial charge in [0.25, 0.3) is 5.91 Å². The van der Waals surface area contributed by atoms with Gasteiger partial charge in [0, 0.05) is 23.2 Å². The fraction of sp³-hybridized carbons (Fsp3) is 0.429. The first-order valence-electron chi connectivity index (χ1n) is 9.82. The number of hydrogen-bond donors (Lipinski definition) is 2. The van der Waals surface area contributed by atoms with Crippen molar-refractivity contribution in [3.63, 3.8) is 0 Å². The van der Waals surface area contributed by atoms with Gasteiger partial charge in [0.05, 0.1) is 17.4 Å². The van der Waals surface area contributed by atoms with E-state index in [9.17, 15) is 9.18 Å². The van der Waals surface area contributed by atoms with Gasteiger partial charge in [-0.2, -0.15) is 0 Å². The fourth-order valence-corrected chi connectivity index (χ4v) is 4.22. The van der Waals surface area contributed by atoms with E-state index in [1.54, 1.807) is 12.3 Å². The Labute approximate surface area is 174 Å². The number of aromatic nitrogens is 2. The first-order chi connectivity index (χ1) is 13.9. The normalized spacial score (nSPS) is 18.9. The van der Waals surface area contributed by atoms with Gasteiger partial charge in [0.15, 0.2) is 5.17 Å². The van der Waals surface area contributed by atoms with Crippen LogP contribution in [0.15, 0.2) is 35.6 Å². The van der Waals surface area contributed by atoms with Crippen LogP contribution in [0.2, 0.25) is 0 Å². The molecule has 1 aromatic heterocycles. The predicted octanol–water partition coefficient (Wildman–Crippen LogP) is 4.27. The number of nitrogens with zero attached hydrogens (tertiary/aromatic N) is 3. The number of nitrogens with two attached hydrogens (primary N) is 1. The van der Waals surface area contributed by atoms with Crippen LogP contribution in [0.3, 0.4) is 0 Å². The molecule has 154 valence electrons. The summed E-state index contributed by atoms with van der Waals surface area (Å²) in [5.41, 5.74) is 7.08. The summed E-state index contributed by atoms with van der Waals surface area (Å²) < 4.78 is 14.5. The van der Waals surface area contributed by atoms with Crippen molar-refractivity contribution in [3.8, 4) is 0 Å². The molecule has 0 unspecified atom stereocenters. The molecule has 2 aromatic rings. The van der Waals surface area contributed by atoms with Crippen molar-refractivity contribution in [2.45, 2.75) is 51.5 Å². The SMILES string of the molecule is CCCCCc1cnc(C(=O)Nc2ccc(F)c([C@]3(C)CCSC(N)=N3)c2)cn1. The Morgan fingerprint density at radius 3 is 2.83 bits per heavy atom. The Hall–Kier alpha value is -2.48. The molecule has 0 fully saturated rings. The summed E-state index contributed by atoms with van der Waals surface area (Å²) in [7, 11) is 0. The van der Waals surface area contributed by atoms with Gasteiger partial charge >= 0.3 is 0 Å². The summed E-state index contributed by atoms with van der Waals surface area (Å²) in [6.07, 6.45) is 7.97. The van der Waals surface area contributed by atoms with Crippen LogP contribution in [0, 0.1) is 5.82 Å². The van der Waals surface area contributed by atoms with E-state index in [0.717, 1.165) is 37.1 Å². The number of carbonyl (C=O) groups excluding carboxylic acids is 1. The monoisotopic (exact) mass is 415 g/mol. The number of anilines is 1. The van der Waals surface area contributed by atoms with Gasteiger partial charge in [-0.05, 0) is 44.4 Å². The van der Waals surface area contributed by atoms with Crippen molar-refractivity contribution in [1.82, 2.24) is 9.97 Å². The molecular weight excluding hydrogens is 389 g/mol. The lowest BCUT2D eigenvalue weighted by molar-refractivity contribution is 0.102. The topological polar surface area (TPSA) is 93.3 Å². The van der Waals surface area contributed by atoms with Gasteiger partial charge < -0.3 is 11.1 Å². The largest absolute Gasteiger partial charge is 0.379 e. The molecule has 0 bridgehead atoms. The molecule has 1 amide bonds. The van der Waals surface area contributed by atoms with Crippen molar-refractivity contribution in [2.24, 2.45) is 10.7 Å². The van der Waals surface area contributed by atoms with E-state index in [0.29, 0.717) is 22.8 Å². The van der Waals surface area contributed by atoms with Crippen LogP contribution < -0.4 is 11.1 Å². The van der Waals surface area contributed by atoms with Gasteiger partial charge in [0.2, 0.25) is 0 Å².